The smallest absolute Gasteiger partial charge is 0.117 e. The predicted molar refractivity (Wildman–Crippen MR) is 131 cm³/mol. The molecule has 0 aliphatic rings. The second-order valence-corrected chi connectivity index (χ2v) is 8.63. The molecule has 0 radical (unpaired) electrons. The molecule has 5 heteroatoms. The average molecular weight is 491 g/mol. The molecule has 0 bridgehead atoms. The van der Waals surface area contributed by atoms with Gasteiger partial charge in [-0.1, -0.05) is 94.8 Å². The van der Waals surface area contributed by atoms with Crippen molar-refractivity contribution in [2.75, 3.05) is 7.05 Å². The van der Waals surface area contributed by atoms with Crippen LogP contribution in [0.3, 0.4) is 0 Å². The van der Waals surface area contributed by atoms with E-state index in [0.717, 1.165) is 21.2 Å². The number of hydrogen-bond acceptors (Lipinski definition) is 4. The monoisotopic (exact) mass is 490 g/mol. The first-order valence-corrected chi connectivity index (χ1v) is 11.3. The summed E-state index contributed by atoms with van der Waals surface area (Å²) in [5.41, 5.74) is 2.81. The normalized spacial score (nSPS) is 15.3. The van der Waals surface area contributed by atoms with Gasteiger partial charge in [0.25, 0.3) is 0 Å². The molecule has 0 spiro atoms. The molecule has 0 aliphatic carbocycles. The third-order valence-electron chi connectivity index (χ3n) is 5.79. The van der Waals surface area contributed by atoms with Gasteiger partial charge in [-0.15, -0.1) is 0 Å². The second-order valence-electron chi connectivity index (χ2n) is 7.77. The number of aliphatic hydroxyl groups is 2. The van der Waals surface area contributed by atoms with Gasteiger partial charge in [-0.2, -0.15) is 5.26 Å². The molecule has 0 unspecified atom stereocenters. The number of rotatable bonds is 8. The van der Waals surface area contributed by atoms with Crippen molar-refractivity contribution in [3.05, 3.63) is 118 Å². The minimum Gasteiger partial charge on any atom is -0.387 e. The summed E-state index contributed by atoms with van der Waals surface area (Å²) in [6, 6.07) is 28.5. The fourth-order valence-corrected chi connectivity index (χ4v) is 4.24. The third kappa shape index (κ3) is 5.46. The zero-order valence-corrected chi connectivity index (χ0v) is 19.7. The molecule has 4 atom stereocenters. The molecule has 0 heterocycles. The number of aliphatic hydroxyl groups excluding tert-OH is 2. The minimum absolute atomic E-state index is 0.347. The van der Waals surface area contributed by atoms with E-state index < -0.39 is 18.1 Å². The van der Waals surface area contributed by atoms with E-state index in [0.29, 0.717) is 5.70 Å². The molecular weight excluding hydrogens is 464 g/mol. The lowest BCUT2D eigenvalue weighted by Gasteiger charge is -2.31. The first-order chi connectivity index (χ1) is 15.4. The summed E-state index contributed by atoms with van der Waals surface area (Å²) in [5.74, 6) is -0.451. The van der Waals surface area contributed by atoms with Crippen molar-refractivity contribution in [3.63, 3.8) is 0 Å². The molecular formula is C27H27BrN2O2. The first kappa shape index (κ1) is 23.7. The van der Waals surface area contributed by atoms with Gasteiger partial charge in [-0.25, -0.2) is 0 Å². The van der Waals surface area contributed by atoms with E-state index in [-0.39, 0.29) is 6.04 Å². The summed E-state index contributed by atoms with van der Waals surface area (Å²) >= 11 is 3.53. The number of halogens is 1. The summed E-state index contributed by atoms with van der Waals surface area (Å²) in [4.78, 5) is 1.76. The van der Waals surface area contributed by atoms with Crippen LogP contribution < -0.4 is 0 Å². The van der Waals surface area contributed by atoms with Gasteiger partial charge in [0.2, 0.25) is 0 Å². The molecule has 3 aromatic carbocycles. The Morgan fingerprint density at radius 2 is 1.41 bits per heavy atom. The van der Waals surface area contributed by atoms with E-state index in [9.17, 15) is 15.5 Å². The maximum absolute atomic E-state index is 11.3. The number of hydrogen-bond donors (Lipinski definition) is 2. The third-order valence-corrected chi connectivity index (χ3v) is 6.51. The highest BCUT2D eigenvalue weighted by molar-refractivity contribution is 9.10. The van der Waals surface area contributed by atoms with Crippen molar-refractivity contribution in [1.29, 1.82) is 5.26 Å². The lowest BCUT2D eigenvalue weighted by molar-refractivity contribution is 0.0905. The fraction of sp³-hybridized carbons (Fsp3) is 0.222. The van der Waals surface area contributed by atoms with Crippen LogP contribution in [0.1, 0.15) is 41.7 Å². The first-order valence-electron chi connectivity index (χ1n) is 10.5. The number of benzene rings is 3. The van der Waals surface area contributed by atoms with E-state index in [2.05, 4.69) is 22.0 Å². The van der Waals surface area contributed by atoms with Crippen LogP contribution in [0, 0.1) is 11.3 Å². The number of allylic oxidation sites excluding steroid dienone is 1. The molecule has 164 valence electrons. The molecule has 0 aliphatic heterocycles. The Morgan fingerprint density at radius 3 is 1.97 bits per heavy atom. The standard InChI is InChI=1S/C27H27BrN2O2/c1-19(26(31)21-13-7-4-8-14-21)30(2)22(18-29)17-24(20-11-5-3-6-12-20)27(32)23-15-9-10-16-25(23)28/h3-17,19,24,26-27,31-32H,1-2H3/b22-17-/t19-,24+,26-,27+/m0/s1. The van der Waals surface area contributed by atoms with Crippen molar-refractivity contribution < 1.29 is 10.2 Å². The summed E-state index contributed by atoms with van der Waals surface area (Å²) in [5, 5.41) is 32.1. The van der Waals surface area contributed by atoms with Gasteiger partial charge < -0.3 is 15.1 Å². The summed E-state index contributed by atoms with van der Waals surface area (Å²) in [6.07, 6.45) is 0.161. The molecule has 0 amide bonds. The van der Waals surface area contributed by atoms with E-state index in [1.165, 1.54) is 0 Å². The highest BCUT2D eigenvalue weighted by Crippen LogP contribution is 2.37. The molecule has 4 nitrogen and oxygen atoms in total. The topological polar surface area (TPSA) is 67.5 Å². The lowest BCUT2D eigenvalue weighted by Crippen LogP contribution is -2.34. The molecule has 32 heavy (non-hydrogen) atoms. The van der Waals surface area contributed by atoms with Crippen LogP contribution in [0.25, 0.3) is 0 Å². The van der Waals surface area contributed by atoms with Crippen LogP contribution in [-0.2, 0) is 0 Å². The van der Waals surface area contributed by atoms with Crippen LogP contribution >= 0.6 is 15.9 Å². The largest absolute Gasteiger partial charge is 0.387 e. The predicted octanol–water partition coefficient (Wildman–Crippen LogP) is 5.73. The van der Waals surface area contributed by atoms with Crippen LogP contribution in [0.15, 0.2) is 101 Å². The van der Waals surface area contributed by atoms with Crippen LogP contribution in [0.4, 0.5) is 0 Å². The Morgan fingerprint density at radius 1 is 0.875 bits per heavy atom. The fourth-order valence-electron chi connectivity index (χ4n) is 3.72. The van der Waals surface area contributed by atoms with Gasteiger partial charge in [-0.3, -0.25) is 0 Å². The Kier molecular flexibility index (Phi) is 8.24. The molecule has 0 saturated heterocycles. The summed E-state index contributed by atoms with van der Waals surface area (Å²) in [6.45, 7) is 1.88. The molecule has 3 rings (SSSR count). The van der Waals surface area contributed by atoms with Crippen molar-refractivity contribution in [3.8, 4) is 6.07 Å². The lowest BCUT2D eigenvalue weighted by atomic mass is 9.88. The Bertz CT molecular complexity index is 1080. The maximum atomic E-state index is 11.3. The van der Waals surface area contributed by atoms with Crippen LogP contribution in [-0.4, -0.2) is 28.2 Å². The van der Waals surface area contributed by atoms with Crippen molar-refractivity contribution in [2.45, 2.75) is 31.1 Å². The zero-order valence-electron chi connectivity index (χ0n) is 18.1. The quantitative estimate of drug-likeness (QED) is 0.395. The van der Waals surface area contributed by atoms with E-state index >= 15 is 0 Å². The molecule has 0 fully saturated rings. The van der Waals surface area contributed by atoms with Crippen LogP contribution in [0.2, 0.25) is 0 Å². The van der Waals surface area contributed by atoms with Gasteiger partial charge in [0.15, 0.2) is 0 Å². The molecule has 3 aromatic rings. The maximum Gasteiger partial charge on any atom is 0.117 e. The average Bonchev–Trinajstić information content (AvgIpc) is 2.84. The number of nitriles is 1. The van der Waals surface area contributed by atoms with Crippen molar-refractivity contribution in [2.24, 2.45) is 0 Å². The van der Waals surface area contributed by atoms with E-state index in [1.807, 2.05) is 91.9 Å². The van der Waals surface area contributed by atoms with Gasteiger partial charge in [0, 0.05) is 17.4 Å². The highest BCUT2D eigenvalue weighted by Gasteiger charge is 2.27. The van der Waals surface area contributed by atoms with Crippen molar-refractivity contribution >= 4 is 15.9 Å². The van der Waals surface area contributed by atoms with Gasteiger partial charge in [-0.05, 0) is 35.8 Å². The Hall–Kier alpha value is -2.91. The van der Waals surface area contributed by atoms with E-state index in [4.69, 9.17) is 0 Å². The second kappa shape index (κ2) is 11.1. The SMILES string of the molecule is C[C@@H]([C@H](O)c1ccccc1)N(C)/C(C#N)=C\[C@H](c1ccccc1)[C@H](O)c1ccccc1Br. The summed E-state index contributed by atoms with van der Waals surface area (Å²) in [7, 11) is 1.79. The number of likely N-dealkylation sites (N-methyl/N-ethyl adjacent to an activating group) is 1. The van der Waals surface area contributed by atoms with Crippen molar-refractivity contribution in [1.82, 2.24) is 4.90 Å². The summed E-state index contributed by atoms with van der Waals surface area (Å²) < 4.78 is 0.807. The highest BCUT2D eigenvalue weighted by atomic mass is 79.9. The Balaban J connectivity index is 1.97. The van der Waals surface area contributed by atoms with Gasteiger partial charge in [0.05, 0.1) is 18.2 Å². The zero-order chi connectivity index (χ0) is 23.1. The number of nitrogens with zero attached hydrogens (tertiary/aromatic N) is 2. The molecule has 2 N–H and O–H groups in total. The van der Waals surface area contributed by atoms with Gasteiger partial charge in [0.1, 0.15) is 11.8 Å². The minimum atomic E-state index is -0.862. The van der Waals surface area contributed by atoms with Crippen LogP contribution in [0.5, 0.6) is 0 Å². The van der Waals surface area contributed by atoms with E-state index in [1.54, 1.807) is 18.0 Å². The molecule has 0 aromatic heterocycles. The Labute approximate surface area is 198 Å². The molecule has 0 saturated carbocycles. The van der Waals surface area contributed by atoms with Gasteiger partial charge >= 0.3 is 0 Å².